The molecular weight excluding hydrogens is 356 g/mol. The molecule has 132 valence electrons. The third-order valence-electron chi connectivity index (χ3n) is 3.47. The molecule has 0 saturated carbocycles. The summed E-state index contributed by atoms with van der Waals surface area (Å²) in [5.41, 5.74) is 1.60. The van der Waals surface area contributed by atoms with Crippen molar-refractivity contribution in [2.75, 3.05) is 12.4 Å². The number of nitrogens with zero attached hydrogens (tertiary/aromatic N) is 3. The number of hydrogen-bond acceptors (Lipinski definition) is 7. The molecule has 0 radical (unpaired) electrons. The smallest absolute Gasteiger partial charge is 0.271 e. The molecule has 3 aromatic rings. The van der Waals surface area contributed by atoms with Gasteiger partial charge in [-0.15, -0.1) is 11.3 Å². The number of non-ortho nitro benzene ring substituents is 1. The van der Waals surface area contributed by atoms with Crippen LogP contribution in [0.2, 0.25) is 0 Å². The molecule has 1 amide bonds. The first-order chi connectivity index (χ1) is 12.6. The Bertz CT molecular complexity index is 943. The van der Waals surface area contributed by atoms with Gasteiger partial charge in [0.05, 0.1) is 29.8 Å². The quantitative estimate of drug-likeness (QED) is 0.527. The summed E-state index contributed by atoms with van der Waals surface area (Å²) in [4.78, 5) is 31.1. The number of thiazole rings is 1. The Morgan fingerprint density at radius 3 is 2.92 bits per heavy atom. The lowest BCUT2D eigenvalue weighted by molar-refractivity contribution is -0.384. The highest BCUT2D eigenvalue weighted by Gasteiger charge is 2.15. The molecule has 0 bridgehead atoms. The van der Waals surface area contributed by atoms with Gasteiger partial charge in [0.15, 0.2) is 0 Å². The summed E-state index contributed by atoms with van der Waals surface area (Å²) >= 11 is 1.42. The van der Waals surface area contributed by atoms with E-state index in [1.165, 1.54) is 36.6 Å². The number of benzene rings is 1. The predicted molar refractivity (Wildman–Crippen MR) is 97.3 cm³/mol. The van der Waals surface area contributed by atoms with E-state index in [4.69, 9.17) is 4.74 Å². The van der Waals surface area contributed by atoms with E-state index >= 15 is 0 Å². The maximum absolute atomic E-state index is 12.3. The highest BCUT2D eigenvalue weighted by Crippen LogP contribution is 2.29. The number of nitrogens with one attached hydrogen (secondary N) is 1. The number of aromatic nitrogens is 2. The second-order valence-corrected chi connectivity index (χ2v) is 6.11. The van der Waals surface area contributed by atoms with Gasteiger partial charge in [-0.1, -0.05) is 0 Å². The molecule has 0 saturated heterocycles. The molecule has 0 aliphatic rings. The molecule has 0 aliphatic carbocycles. The Labute approximate surface area is 152 Å². The number of hydrogen-bond donors (Lipinski definition) is 1. The van der Waals surface area contributed by atoms with Crippen molar-refractivity contribution in [3.8, 4) is 16.3 Å². The molecule has 26 heavy (non-hydrogen) atoms. The van der Waals surface area contributed by atoms with Crippen molar-refractivity contribution in [3.05, 3.63) is 63.9 Å². The van der Waals surface area contributed by atoms with Crippen LogP contribution in [0.1, 0.15) is 5.69 Å². The van der Waals surface area contributed by atoms with Gasteiger partial charge in [0.1, 0.15) is 10.8 Å². The molecule has 1 N–H and O–H groups in total. The third kappa shape index (κ3) is 4.01. The maximum atomic E-state index is 12.3. The summed E-state index contributed by atoms with van der Waals surface area (Å²) in [5, 5.41) is 16.1. The van der Waals surface area contributed by atoms with E-state index in [0.29, 0.717) is 11.4 Å². The Hall–Kier alpha value is -3.33. The Morgan fingerprint density at radius 2 is 2.23 bits per heavy atom. The highest BCUT2D eigenvalue weighted by atomic mass is 32.1. The summed E-state index contributed by atoms with van der Waals surface area (Å²) in [7, 11) is 1.43. The van der Waals surface area contributed by atoms with Crippen molar-refractivity contribution in [3.63, 3.8) is 0 Å². The number of nitro groups is 1. The Balaban J connectivity index is 1.73. The normalized spacial score (nSPS) is 10.3. The summed E-state index contributed by atoms with van der Waals surface area (Å²) in [6.45, 7) is 0. The van der Waals surface area contributed by atoms with Crippen LogP contribution in [-0.2, 0) is 11.2 Å². The minimum atomic E-state index is -0.532. The fraction of sp³-hybridized carbons (Fsp3) is 0.118. The van der Waals surface area contributed by atoms with Crippen LogP contribution in [0.25, 0.3) is 10.6 Å². The number of rotatable bonds is 6. The standard InChI is InChI=1S/C17H14N4O4S/c1-25-15-5-4-13(21(23)24)8-14(15)20-16(22)7-12-10-26-17(19-12)11-3-2-6-18-9-11/h2-6,8-10H,7H2,1H3,(H,20,22). The van der Waals surface area contributed by atoms with Gasteiger partial charge in [0.25, 0.3) is 5.69 Å². The summed E-state index contributed by atoms with van der Waals surface area (Å²) < 4.78 is 5.14. The van der Waals surface area contributed by atoms with Crippen molar-refractivity contribution in [2.24, 2.45) is 0 Å². The minimum Gasteiger partial charge on any atom is -0.495 e. The number of carbonyl (C=O) groups is 1. The van der Waals surface area contributed by atoms with Gasteiger partial charge >= 0.3 is 0 Å². The van der Waals surface area contributed by atoms with Crippen molar-refractivity contribution >= 4 is 28.6 Å². The number of amides is 1. The summed E-state index contributed by atoms with van der Waals surface area (Å²) in [5.74, 6) is 0.00473. The first-order valence-corrected chi connectivity index (χ1v) is 8.42. The van der Waals surface area contributed by atoms with Gasteiger partial charge in [0.2, 0.25) is 5.91 Å². The molecule has 2 aromatic heterocycles. The molecule has 0 unspecified atom stereocenters. The average molecular weight is 370 g/mol. The summed E-state index contributed by atoms with van der Waals surface area (Å²) in [6, 6.07) is 7.73. The van der Waals surface area contributed by atoms with Gasteiger partial charge in [-0.2, -0.15) is 0 Å². The highest BCUT2D eigenvalue weighted by molar-refractivity contribution is 7.13. The van der Waals surface area contributed by atoms with Gasteiger partial charge < -0.3 is 10.1 Å². The van der Waals surface area contributed by atoms with E-state index in [2.05, 4.69) is 15.3 Å². The third-order valence-corrected chi connectivity index (χ3v) is 4.41. The van der Waals surface area contributed by atoms with Gasteiger partial charge in [-0.3, -0.25) is 19.9 Å². The lowest BCUT2D eigenvalue weighted by Gasteiger charge is -2.09. The number of anilines is 1. The SMILES string of the molecule is COc1ccc([N+](=O)[O-])cc1NC(=O)Cc1csc(-c2cccnc2)n1. The van der Waals surface area contributed by atoms with E-state index in [-0.39, 0.29) is 23.7 Å². The first kappa shape index (κ1) is 17.5. The van der Waals surface area contributed by atoms with Crippen LogP contribution in [0.5, 0.6) is 5.75 Å². The number of ether oxygens (including phenoxy) is 1. The van der Waals surface area contributed by atoms with E-state index in [1.807, 2.05) is 12.1 Å². The predicted octanol–water partition coefficient (Wildman–Crippen LogP) is 3.30. The molecule has 8 nitrogen and oxygen atoms in total. The summed E-state index contributed by atoms with van der Waals surface area (Å²) in [6.07, 6.45) is 3.43. The van der Waals surface area contributed by atoms with Crippen LogP contribution in [0.4, 0.5) is 11.4 Å². The lowest BCUT2D eigenvalue weighted by Crippen LogP contribution is -2.15. The fourth-order valence-corrected chi connectivity index (χ4v) is 3.09. The molecule has 2 heterocycles. The Kier molecular flexibility index (Phi) is 5.18. The molecule has 1 aromatic carbocycles. The number of pyridine rings is 1. The van der Waals surface area contributed by atoms with Crippen molar-refractivity contribution in [1.29, 1.82) is 0 Å². The largest absolute Gasteiger partial charge is 0.495 e. The van der Waals surface area contributed by atoms with Crippen molar-refractivity contribution in [1.82, 2.24) is 9.97 Å². The number of nitro benzene ring substituents is 1. The molecule has 9 heteroatoms. The van der Waals surface area contributed by atoms with Gasteiger partial charge in [-0.05, 0) is 18.2 Å². The van der Waals surface area contributed by atoms with Crippen LogP contribution < -0.4 is 10.1 Å². The topological polar surface area (TPSA) is 107 Å². The van der Waals surface area contributed by atoms with Crippen LogP contribution in [-0.4, -0.2) is 27.9 Å². The van der Waals surface area contributed by atoms with Crippen LogP contribution in [0, 0.1) is 10.1 Å². The van der Waals surface area contributed by atoms with E-state index in [1.54, 1.807) is 17.8 Å². The Morgan fingerprint density at radius 1 is 1.38 bits per heavy atom. The minimum absolute atomic E-state index is 0.0443. The fourth-order valence-electron chi connectivity index (χ4n) is 2.28. The average Bonchev–Trinajstić information content (AvgIpc) is 3.10. The zero-order valence-electron chi connectivity index (χ0n) is 13.7. The van der Waals surface area contributed by atoms with Crippen molar-refractivity contribution < 1.29 is 14.5 Å². The molecule has 0 atom stereocenters. The first-order valence-electron chi connectivity index (χ1n) is 7.54. The van der Waals surface area contributed by atoms with E-state index in [0.717, 1.165) is 10.6 Å². The second kappa shape index (κ2) is 7.70. The second-order valence-electron chi connectivity index (χ2n) is 5.25. The van der Waals surface area contributed by atoms with Gasteiger partial charge in [0, 0.05) is 35.5 Å². The number of carbonyl (C=O) groups excluding carboxylic acids is 1. The maximum Gasteiger partial charge on any atom is 0.271 e. The van der Waals surface area contributed by atoms with Crippen LogP contribution in [0.3, 0.4) is 0 Å². The monoisotopic (exact) mass is 370 g/mol. The lowest BCUT2D eigenvalue weighted by atomic mass is 10.2. The zero-order valence-corrected chi connectivity index (χ0v) is 14.5. The molecule has 0 aliphatic heterocycles. The van der Waals surface area contributed by atoms with Crippen molar-refractivity contribution in [2.45, 2.75) is 6.42 Å². The number of methoxy groups -OCH3 is 1. The molecule has 0 spiro atoms. The van der Waals surface area contributed by atoms with Crippen LogP contribution in [0.15, 0.2) is 48.1 Å². The molecular formula is C17H14N4O4S. The zero-order chi connectivity index (χ0) is 18.5. The molecule has 0 fully saturated rings. The van der Waals surface area contributed by atoms with E-state index in [9.17, 15) is 14.9 Å². The van der Waals surface area contributed by atoms with E-state index < -0.39 is 4.92 Å². The molecule has 3 rings (SSSR count). The van der Waals surface area contributed by atoms with Gasteiger partial charge in [-0.25, -0.2) is 4.98 Å². The van der Waals surface area contributed by atoms with Crippen LogP contribution >= 0.6 is 11.3 Å².